The summed E-state index contributed by atoms with van der Waals surface area (Å²) < 4.78 is 0. The minimum Gasteiger partial charge on any atom is -0.300 e. The van der Waals surface area contributed by atoms with E-state index >= 15 is 0 Å². The van der Waals surface area contributed by atoms with Crippen molar-refractivity contribution in [3.63, 3.8) is 0 Å². The fourth-order valence-electron chi connectivity index (χ4n) is 4.13. The lowest BCUT2D eigenvalue weighted by Gasteiger charge is -2.25. The zero-order valence-electron chi connectivity index (χ0n) is 18.4. The highest BCUT2D eigenvalue weighted by molar-refractivity contribution is 7.16. The number of nitrogens with one attached hydrogen (secondary N) is 1. The molecule has 0 fully saturated rings. The van der Waals surface area contributed by atoms with Crippen LogP contribution >= 0.6 is 11.3 Å². The smallest absolute Gasteiger partial charge is 0.262 e. The molecule has 0 bridgehead atoms. The number of amides is 3. The van der Waals surface area contributed by atoms with Gasteiger partial charge >= 0.3 is 0 Å². The van der Waals surface area contributed by atoms with Crippen LogP contribution in [0.1, 0.15) is 31.2 Å². The number of carbonyl (C=O) groups is 3. The first-order chi connectivity index (χ1) is 16.5. The molecule has 1 aromatic heterocycles. The van der Waals surface area contributed by atoms with Gasteiger partial charge in [0, 0.05) is 16.9 Å². The maximum absolute atomic E-state index is 13.5. The Kier molecular flexibility index (Phi) is 5.77. The van der Waals surface area contributed by atoms with E-state index in [4.69, 9.17) is 0 Å². The van der Waals surface area contributed by atoms with Gasteiger partial charge in [-0.25, -0.2) is 4.98 Å². The van der Waals surface area contributed by atoms with Gasteiger partial charge in [-0.15, -0.1) is 11.3 Å². The van der Waals surface area contributed by atoms with E-state index in [-0.39, 0.29) is 6.42 Å². The Bertz CT molecular complexity index is 1350. The normalized spacial score (nSPS) is 13.6. The Balaban J connectivity index is 1.46. The highest BCUT2D eigenvalue weighted by Gasteiger charge is 2.42. The third kappa shape index (κ3) is 4.02. The van der Waals surface area contributed by atoms with Gasteiger partial charge in [0.1, 0.15) is 6.04 Å². The van der Waals surface area contributed by atoms with Gasteiger partial charge in [0.2, 0.25) is 5.91 Å². The number of anilines is 1. The van der Waals surface area contributed by atoms with E-state index in [1.165, 1.54) is 11.3 Å². The van der Waals surface area contributed by atoms with Crippen molar-refractivity contribution in [1.82, 2.24) is 9.88 Å². The molecule has 1 unspecified atom stereocenters. The number of fused-ring (bicyclic) bond motifs is 1. The van der Waals surface area contributed by atoms with Gasteiger partial charge in [-0.1, -0.05) is 72.8 Å². The first-order valence-electron chi connectivity index (χ1n) is 10.9. The summed E-state index contributed by atoms with van der Waals surface area (Å²) >= 11 is 1.36. The van der Waals surface area contributed by atoms with Crippen LogP contribution in [0.25, 0.3) is 11.3 Å². The van der Waals surface area contributed by atoms with Crippen molar-refractivity contribution in [3.05, 3.63) is 106 Å². The molecule has 0 saturated carbocycles. The van der Waals surface area contributed by atoms with E-state index in [0.29, 0.717) is 16.3 Å². The summed E-state index contributed by atoms with van der Waals surface area (Å²) in [6.07, 6.45) is 0.202. The SMILES string of the molecule is Cc1sc(NC(=O)C(Cc2ccccc2)N2C(=O)c3ccccc3C2=O)nc1-c1ccccc1. The molecule has 5 rings (SSSR count). The number of hydrogen-bond acceptors (Lipinski definition) is 5. The van der Waals surface area contributed by atoms with Gasteiger partial charge in [-0.05, 0) is 24.6 Å². The molecule has 0 spiro atoms. The second-order valence-electron chi connectivity index (χ2n) is 8.01. The molecule has 1 N–H and O–H groups in total. The Labute approximate surface area is 200 Å². The van der Waals surface area contributed by atoms with E-state index in [1.807, 2.05) is 67.6 Å². The average molecular weight is 468 g/mol. The van der Waals surface area contributed by atoms with E-state index in [9.17, 15) is 14.4 Å². The fourth-order valence-corrected chi connectivity index (χ4v) is 4.97. The number of rotatable bonds is 6. The summed E-state index contributed by atoms with van der Waals surface area (Å²) in [7, 11) is 0. The Morgan fingerprint density at radius 3 is 2.06 bits per heavy atom. The summed E-state index contributed by atoms with van der Waals surface area (Å²) in [4.78, 5) is 46.5. The lowest BCUT2D eigenvalue weighted by atomic mass is 10.0. The summed E-state index contributed by atoms with van der Waals surface area (Å²) in [6, 6.07) is 24.7. The van der Waals surface area contributed by atoms with Crippen LogP contribution in [0.15, 0.2) is 84.9 Å². The minimum absolute atomic E-state index is 0.202. The lowest BCUT2D eigenvalue weighted by Crippen LogP contribution is -2.48. The van der Waals surface area contributed by atoms with Crippen LogP contribution in [0.4, 0.5) is 5.13 Å². The Morgan fingerprint density at radius 1 is 0.882 bits per heavy atom. The van der Waals surface area contributed by atoms with Crippen molar-refractivity contribution >= 4 is 34.2 Å². The van der Waals surface area contributed by atoms with E-state index in [0.717, 1.165) is 26.6 Å². The van der Waals surface area contributed by atoms with Crippen molar-refractivity contribution in [1.29, 1.82) is 0 Å². The quantitative estimate of drug-likeness (QED) is 0.406. The van der Waals surface area contributed by atoms with E-state index < -0.39 is 23.8 Å². The molecule has 6 nitrogen and oxygen atoms in total. The van der Waals surface area contributed by atoms with Gasteiger partial charge in [0.05, 0.1) is 16.8 Å². The van der Waals surface area contributed by atoms with E-state index in [2.05, 4.69) is 10.3 Å². The number of carbonyl (C=O) groups excluding carboxylic acids is 3. The predicted octanol–water partition coefficient (Wildman–Crippen LogP) is 4.96. The zero-order chi connectivity index (χ0) is 23.7. The molecule has 3 aromatic carbocycles. The molecule has 3 amide bonds. The summed E-state index contributed by atoms with van der Waals surface area (Å²) in [5, 5.41) is 3.29. The van der Waals surface area contributed by atoms with Crippen LogP contribution in [-0.4, -0.2) is 33.6 Å². The molecule has 0 radical (unpaired) electrons. The average Bonchev–Trinajstić information content (AvgIpc) is 3.35. The van der Waals surface area contributed by atoms with Crippen molar-refractivity contribution < 1.29 is 14.4 Å². The summed E-state index contributed by atoms with van der Waals surface area (Å²) in [6.45, 7) is 1.95. The number of hydrogen-bond donors (Lipinski definition) is 1. The predicted molar refractivity (Wildman–Crippen MR) is 132 cm³/mol. The largest absolute Gasteiger partial charge is 0.300 e. The molecule has 168 valence electrons. The van der Waals surface area contributed by atoms with Crippen molar-refractivity contribution in [2.75, 3.05) is 5.32 Å². The van der Waals surface area contributed by atoms with Crippen LogP contribution in [0.5, 0.6) is 0 Å². The molecule has 34 heavy (non-hydrogen) atoms. The second-order valence-corrected chi connectivity index (χ2v) is 9.21. The minimum atomic E-state index is -1.01. The van der Waals surface area contributed by atoms with Crippen LogP contribution < -0.4 is 5.32 Å². The van der Waals surface area contributed by atoms with Crippen molar-refractivity contribution in [3.8, 4) is 11.3 Å². The number of thiazole rings is 1. The highest BCUT2D eigenvalue weighted by Crippen LogP contribution is 2.31. The molecular formula is C27H21N3O3S. The number of imide groups is 1. The molecule has 0 saturated heterocycles. The molecule has 7 heteroatoms. The zero-order valence-corrected chi connectivity index (χ0v) is 19.2. The second kappa shape index (κ2) is 9.03. The van der Waals surface area contributed by atoms with Crippen molar-refractivity contribution in [2.24, 2.45) is 0 Å². The molecule has 1 atom stereocenters. The van der Waals surface area contributed by atoms with Crippen LogP contribution in [0.3, 0.4) is 0 Å². The van der Waals surface area contributed by atoms with Gasteiger partial charge in [-0.2, -0.15) is 0 Å². The lowest BCUT2D eigenvalue weighted by molar-refractivity contribution is -0.119. The van der Waals surface area contributed by atoms with Crippen LogP contribution in [0.2, 0.25) is 0 Å². The van der Waals surface area contributed by atoms with Crippen LogP contribution in [0, 0.1) is 6.92 Å². The van der Waals surface area contributed by atoms with Crippen molar-refractivity contribution in [2.45, 2.75) is 19.4 Å². The Morgan fingerprint density at radius 2 is 1.44 bits per heavy atom. The topological polar surface area (TPSA) is 79.4 Å². The first kappa shape index (κ1) is 21.7. The maximum atomic E-state index is 13.5. The Hall–Kier alpha value is -4.10. The van der Waals surface area contributed by atoms with Gasteiger partial charge in [-0.3, -0.25) is 19.3 Å². The fraction of sp³-hybridized carbons (Fsp3) is 0.111. The number of aryl methyl sites for hydroxylation is 1. The van der Waals surface area contributed by atoms with E-state index in [1.54, 1.807) is 24.3 Å². The standard InChI is InChI=1S/C27H21N3O3S/c1-17-23(19-12-6-3-7-13-19)28-27(34-17)29-24(31)22(16-18-10-4-2-5-11-18)30-25(32)20-14-8-9-15-21(20)26(30)33/h2-15,22H,16H2,1H3,(H,28,29,31). The number of benzene rings is 3. The molecule has 2 heterocycles. The third-order valence-electron chi connectivity index (χ3n) is 5.79. The third-order valence-corrected chi connectivity index (χ3v) is 6.67. The number of nitrogens with zero attached hydrogens (tertiary/aromatic N) is 2. The maximum Gasteiger partial charge on any atom is 0.262 e. The highest BCUT2D eigenvalue weighted by atomic mass is 32.1. The summed E-state index contributed by atoms with van der Waals surface area (Å²) in [5.41, 5.74) is 3.23. The monoisotopic (exact) mass is 467 g/mol. The number of aromatic nitrogens is 1. The summed E-state index contributed by atoms with van der Waals surface area (Å²) in [5.74, 6) is -1.37. The molecular weight excluding hydrogens is 446 g/mol. The first-order valence-corrected chi connectivity index (χ1v) is 11.7. The van der Waals surface area contributed by atoms with Crippen LogP contribution in [-0.2, 0) is 11.2 Å². The molecule has 1 aliphatic heterocycles. The van der Waals surface area contributed by atoms with Gasteiger partial charge in [0.15, 0.2) is 5.13 Å². The molecule has 1 aliphatic rings. The van der Waals surface area contributed by atoms with Gasteiger partial charge in [0.25, 0.3) is 11.8 Å². The molecule has 0 aliphatic carbocycles. The molecule has 4 aromatic rings. The van der Waals surface area contributed by atoms with Gasteiger partial charge < -0.3 is 5.32 Å².